The molecule has 0 spiro atoms. The Morgan fingerprint density at radius 1 is 1.00 bits per heavy atom. The van der Waals surface area contributed by atoms with E-state index in [2.05, 4.69) is 45.8 Å². The molecule has 0 saturated heterocycles. The Hall–Kier alpha value is -4.79. The normalized spacial score (nSPS) is 11.8. The highest BCUT2D eigenvalue weighted by Gasteiger charge is 2.16. The fraction of sp³-hybridized carbons (Fsp3) is 0.207. The lowest BCUT2D eigenvalue weighted by molar-refractivity contribution is -0.147. The average molecular weight is 516 g/mol. The molecule has 0 aliphatic heterocycles. The molecule has 38 heavy (non-hydrogen) atoms. The maximum atomic E-state index is 12.5. The molecule has 1 atom stereocenters. The van der Waals surface area contributed by atoms with Gasteiger partial charge in [-0.05, 0) is 81.4 Å². The first-order valence-corrected chi connectivity index (χ1v) is 12.0. The fourth-order valence-electron chi connectivity index (χ4n) is 3.81. The summed E-state index contributed by atoms with van der Waals surface area (Å²) in [5.74, 6) is 0.685. The molecule has 4 aromatic rings. The van der Waals surface area contributed by atoms with Crippen molar-refractivity contribution in [1.82, 2.24) is 9.99 Å². The van der Waals surface area contributed by atoms with E-state index >= 15 is 0 Å². The summed E-state index contributed by atoms with van der Waals surface area (Å²) in [6.45, 7) is 5.88. The lowest BCUT2D eigenvalue weighted by Crippen LogP contribution is -2.25. The first-order valence-electron chi connectivity index (χ1n) is 12.0. The molecular weight excluding hydrogens is 486 g/mol. The first kappa shape index (κ1) is 26.3. The summed E-state index contributed by atoms with van der Waals surface area (Å²) in [7, 11) is 1.29. The number of aryl methyl sites for hydroxylation is 2. The number of furan rings is 1. The van der Waals surface area contributed by atoms with Crippen LogP contribution in [0.1, 0.15) is 40.2 Å². The van der Waals surface area contributed by atoms with E-state index in [0.29, 0.717) is 22.8 Å². The number of hydrogen-bond donors (Lipinski definition) is 1. The van der Waals surface area contributed by atoms with Crippen molar-refractivity contribution in [3.63, 3.8) is 0 Å². The van der Waals surface area contributed by atoms with Crippen molar-refractivity contribution in [3.8, 4) is 17.2 Å². The van der Waals surface area contributed by atoms with Crippen LogP contribution in [0.25, 0.3) is 5.69 Å². The van der Waals surface area contributed by atoms with Crippen LogP contribution in [0.2, 0.25) is 0 Å². The summed E-state index contributed by atoms with van der Waals surface area (Å²) < 4.78 is 23.9. The maximum Gasteiger partial charge on any atom is 0.346 e. The molecule has 1 amide bonds. The summed E-state index contributed by atoms with van der Waals surface area (Å²) in [5.41, 5.74) is 6.38. The number of nitrogens with one attached hydrogen (secondary N) is 1. The number of rotatable bonds is 10. The molecule has 0 bridgehead atoms. The lowest BCUT2D eigenvalue weighted by atomic mass is 10.2. The smallest absolute Gasteiger partial charge is 0.346 e. The van der Waals surface area contributed by atoms with Gasteiger partial charge in [-0.2, -0.15) is 5.10 Å². The summed E-state index contributed by atoms with van der Waals surface area (Å²) in [6.07, 6.45) is 0.628. The fourth-order valence-corrected chi connectivity index (χ4v) is 3.81. The molecule has 0 radical (unpaired) electrons. The number of benzene rings is 2. The van der Waals surface area contributed by atoms with E-state index in [1.54, 1.807) is 43.3 Å². The Bertz CT molecular complexity index is 1420. The highest BCUT2D eigenvalue weighted by atomic mass is 16.6. The van der Waals surface area contributed by atoms with E-state index in [-0.39, 0.29) is 12.4 Å². The van der Waals surface area contributed by atoms with E-state index in [0.717, 1.165) is 17.1 Å². The number of methoxy groups -OCH3 is 1. The standard InChI is InChI=1S/C29H29N3O6/c1-19-9-10-20(2)32(19)23-11-13-24(14-12-23)36-18-25-15-16-27(38-25)28(33)31-30-17-22-7-5-6-8-26(22)37-21(3)29(34)35-4/h5-17,21H,18H2,1-4H3,(H,31,33)/b30-17+/t21-/m0/s1. The monoisotopic (exact) mass is 515 g/mol. The number of hydrazone groups is 1. The zero-order valence-corrected chi connectivity index (χ0v) is 21.6. The number of carbonyl (C=O) groups excluding carboxylic acids is 2. The molecule has 0 unspecified atom stereocenters. The first-order chi connectivity index (χ1) is 18.4. The van der Waals surface area contributed by atoms with Gasteiger partial charge in [0.15, 0.2) is 11.9 Å². The molecule has 1 N–H and O–H groups in total. The molecule has 9 heteroatoms. The second-order valence-corrected chi connectivity index (χ2v) is 8.52. The third kappa shape index (κ3) is 6.31. The van der Waals surface area contributed by atoms with Crippen molar-refractivity contribution in [2.75, 3.05) is 7.11 Å². The van der Waals surface area contributed by atoms with Crippen LogP contribution in [0.15, 0.2) is 82.3 Å². The molecule has 2 heterocycles. The van der Waals surface area contributed by atoms with Gasteiger partial charge in [-0.25, -0.2) is 10.2 Å². The summed E-state index contributed by atoms with van der Waals surface area (Å²) in [6, 6.07) is 22.2. The molecule has 196 valence electrons. The Morgan fingerprint density at radius 2 is 1.71 bits per heavy atom. The van der Waals surface area contributed by atoms with Crippen LogP contribution in [0.4, 0.5) is 0 Å². The molecular formula is C29H29N3O6. The highest BCUT2D eigenvalue weighted by molar-refractivity contribution is 5.92. The highest BCUT2D eigenvalue weighted by Crippen LogP contribution is 2.21. The van der Waals surface area contributed by atoms with Crippen molar-refractivity contribution in [3.05, 3.63) is 101 Å². The molecule has 0 aliphatic carbocycles. The Labute approximate surface area is 220 Å². The van der Waals surface area contributed by atoms with Crippen molar-refractivity contribution in [2.24, 2.45) is 5.10 Å². The molecule has 2 aromatic heterocycles. The van der Waals surface area contributed by atoms with Crippen LogP contribution in [0.3, 0.4) is 0 Å². The Balaban J connectivity index is 1.31. The van der Waals surface area contributed by atoms with Crippen LogP contribution in [-0.2, 0) is 16.1 Å². The number of hydrogen-bond acceptors (Lipinski definition) is 7. The number of nitrogens with zero attached hydrogens (tertiary/aromatic N) is 2. The zero-order valence-electron chi connectivity index (χ0n) is 21.6. The van der Waals surface area contributed by atoms with E-state index in [9.17, 15) is 9.59 Å². The minimum atomic E-state index is -0.793. The van der Waals surface area contributed by atoms with Crippen LogP contribution in [0, 0.1) is 13.8 Å². The van der Waals surface area contributed by atoms with E-state index in [1.807, 2.05) is 24.3 Å². The van der Waals surface area contributed by atoms with Gasteiger partial charge < -0.3 is 23.2 Å². The molecule has 9 nitrogen and oxygen atoms in total. The second-order valence-electron chi connectivity index (χ2n) is 8.52. The minimum Gasteiger partial charge on any atom is -0.486 e. The van der Waals surface area contributed by atoms with Gasteiger partial charge in [-0.15, -0.1) is 0 Å². The summed E-state index contributed by atoms with van der Waals surface area (Å²) >= 11 is 0. The van der Waals surface area contributed by atoms with E-state index in [4.69, 9.17) is 13.9 Å². The van der Waals surface area contributed by atoms with Crippen LogP contribution < -0.4 is 14.9 Å². The third-order valence-electron chi connectivity index (χ3n) is 5.76. The molecule has 0 saturated carbocycles. The molecule has 2 aromatic carbocycles. The van der Waals surface area contributed by atoms with E-state index < -0.39 is 18.0 Å². The average Bonchev–Trinajstić information content (AvgIpc) is 3.54. The van der Waals surface area contributed by atoms with Gasteiger partial charge in [0.05, 0.1) is 13.3 Å². The number of ether oxygens (including phenoxy) is 3. The maximum absolute atomic E-state index is 12.5. The van der Waals surface area contributed by atoms with E-state index in [1.165, 1.54) is 13.3 Å². The number of amides is 1. The van der Waals surface area contributed by atoms with Gasteiger partial charge in [0, 0.05) is 22.6 Å². The number of aromatic nitrogens is 1. The summed E-state index contributed by atoms with van der Waals surface area (Å²) in [4.78, 5) is 24.1. The third-order valence-corrected chi connectivity index (χ3v) is 5.76. The molecule has 4 rings (SSSR count). The van der Waals surface area contributed by atoms with Gasteiger partial charge in [-0.1, -0.05) is 12.1 Å². The van der Waals surface area contributed by atoms with Crippen LogP contribution >= 0.6 is 0 Å². The second kappa shape index (κ2) is 12.0. The van der Waals surface area contributed by atoms with Crippen molar-refractivity contribution in [1.29, 1.82) is 0 Å². The van der Waals surface area contributed by atoms with Crippen LogP contribution in [-0.4, -0.2) is 35.9 Å². The van der Waals surface area contributed by atoms with Gasteiger partial charge in [0.25, 0.3) is 0 Å². The lowest BCUT2D eigenvalue weighted by Gasteiger charge is -2.13. The van der Waals surface area contributed by atoms with Gasteiger partial charge in [-0.3, -0.25) is 4.79 Å². The Kier molecular flexibility index (Phi) is 8.27. The number of para-hydroxylation sites is 1. The topological polar surface area (TPSA) is 104 Å². The SMILES string of the molecule is COC(=O)[C@H](C)Oc1ccccc1/C=N/NC(=O)c1ccc(COc2ccc(-n3c(C)ccc3C)cc2)o1. The predicted molar refractivity (Wildman–Crippen MR) is 142 cm³/mol. The van der Waals surface area contributed by atoms with Crippen molar-refractivity contribution in [2.45, 2.75) is 33.5 Å². The van der Waals surface area contributed by atoms with Gasteiger partial charge in [0.1, 0.15) is 23.9 Å². The largest absolute Gasteiger partial charge is 0.486 e. The molecule has 0 aliphatic rings. The predicted octanol–water partition coefficient (Wildman–Crippen LogP) is 4.97. The van der Waals surface area contributed by atoms with Gasteiger partial charge >= 0.3 is 11.9 Å². The Morgan fingerprint density at radius 3 is 2.42 bits per heavy atom. The molecule has 0 fully saturated rings. The minimum absolute atomic E-state index is 0.0958. The quantitative estimate of drug-likeness (QED) is 0.182. The van der Waals surface area contributed by atoms with Gasteiger partial charge in [0.2, 0.25) is 0 Å². The van der Waals surface area contributed by atoms with Crippen LogP contribution in [0.5, 0.6) is 11.5 Å². The summed E-state index contributed by atoms with van der Waals surface area (Å²) in [5, 5.41) is 3.98. The van der Waals surface area contributed by atoms with Crippen molar-refractivity contribution >= 4 is 18.1 Å². The number of esters is 1. The number of carbonyl (C=O) groups is 2. The zero-order chi connectivity index (χ0) is 27.1. The van der Waals surface area contributed by atoms with Crippen molar-refractivity contribution < 1.29 is 28.2 Å².